The summed E-state index contributed by atoms with van der Waals surface area (Å²) in [5.41, 5.74) is 2.60. The van der Waals surface area contributed by atoms with Gasteiger partial charge in [-0.2, -0.15) is 0 Å². The molecule has 4 heteroatoms. The number of nitrogens with zero attached hydrogens (tertiary/aromatic N) is 2. The van der Waals surface area contributed by atoms with Crippen LogP contribution in [-0.2, 0) is 13.1 Å². The molecule has 0 spiro atoms. The van der Waals surface area contributed by atoms with Crippen molar-refractivity contribution in [1.29, 1.82) is 0 Å². The standard InChI is InChI=1S/C20H24N2O2/c23-20(24)21-13-11-19(12-14-21)22(15-17-7-3-1-4-8-17)16-18-9-5-2-6-10-18/h1-10,19H,11-16H2,(H,23,24). The van der Waals surface area contributed by atoms with Gasteiger partial charge in [0.25, 0.3) is 0 Å². The molecule has 2 aromatic carbocycles. The molecular formula is C20H24N2O2. The van der Waals surface area contributed by atoms with Crippen molar-refractivity contribution in [3.8, 4) is 0 Å². The molecule has 0 atom stereocenters. The Morgan fingerprint density at radius 1 is 0.917 bits per heavy atom. The fourth-order valence-corrected chi connectivity index (χ4v) is 3.37. The summed E-state index contributed by atoms with van der Waals surface area (Å²) in [5, 5.41) is 9.15. The van der Waals surface area contributed by atoms with Crippen LogP contribution in [0.4, 0.5) is 4.79 Å². The zero-order chi connectivity index (χ0) is 16.8. The monoisotopic (exact) mass is 324 g/mol. The smallest absolute Gasteiger partial charge is 0.407 e. The quantitative estimate of drug-likeness (QED) is 0.909. The molecule has 0 bridgehead atoms. The Bertz CT molecular complexity index is 596. The fraction of sp³-hybridized carbons (Fsp3) is 0.350. The van der Waals surface area contributed by atoms with Gasteiger partial charge in [-0.1, -0.05) is 60.7 Å². The van der Waals surface area contributed by atoms with Gasteiger partial charge in [-0.15, -0.1) is 0 Å². The van der Waals surface area contributed by atoms with Crippen molar-refractivity contribution in [2.24, 2.45) is 0 Å². The molecule has 1 heterocycles. The number of amides is 1. The summed E-state index contributed by atoms with van der Waals surface area (Å²) >= 11 is 0. The number of hydrogen-bond acceptors (Lipinski definition) is 2. The SMILES string of the molecule is O=C(O)N1CCC(N(Cc2ccccc2)Cc2ccccc2)CC1. The van der Waals surface area contributed by atoms with E-state index in [4.69, 9.17) is 5.11 Å². The van der Waals surface area contributed by atoms with Gasteiger partial charge in [-0.3, -0.25) is 4.90 Å². The number of likely N-dealkylation sites (tertiary alicyclic amines) is 1. The molecule has 1 fully saturated rings. The Morgan fingerprint density at radius 2 is 1.38 bits per heavy atom. The molecule has 2 aromatic rings. The van der Waals surface area contributed by atoms with E-state index in [0.717, 1.165) is 25.9 Å². The number of carboxylic acid groups (broad SMARTS) is 1. The highest BCUT2D eigenvalue weighted by atomic mass is 16.4. The lowest BCUT2D eigenvalue weighted by Crippen LogP contribution is -2.45. The highest BCUT2D eigenvalue weighted by Gasteiger charge is 2.26. The summed E-state index contributed by atoms with van der Waals surface area (Å²) in [6.45, 7) is 3.04. The second-order valence-electron chi connectivity index (χ2n) is 6.38. The first-order valence-electron chi connectivity index (χ1n) is 8.52. The van der Waals surface area contributed by atoms with Gasteiger partial charge in [0.15, 0.2) is 0 Å². The van der Waals surface area contributed by atoms with E-state index in [-0.39, 0.29) is 0 Å². The van der Waals surface area contributed by atoms with Crippen molar-refractivity contribution in [3.05, 3.63) is 71.8 Å². The topological polar surface area (TPSA) is 43.8 Å². The number of piperidine rings is 1. The van der Waals surface area contributed by atoms with Crippen LogP contribution in [0, 0.1) is 0 Å². The predicted octanol–water partition coefficient (Wildman–Crippen LogP) is 3.83. The third-order valence-corrected chi connectivity index (χ3v) is 4.71. The van der Waals surface area contributed by atoms with Gasteiger partial charge in [0.1, 0.15) is 0 Å². The fourth-order valence-electron chi connectivity index (χ4n) is 3.37. The number of rotatable bonds is 5. The maximum absolute atomic E-state index is 11.1. The zero-order valence-electron chi connectivity index (χ0n) is 13.8. The minimum Gasteiger partial charge on any atom is -0.465 e. The first-order chi connectivity index (χ1) is 11.7. The minimum absolute atomic E-state index is 0.418. The van der Waals surface area contributed by atoms with Gasteiger partial charge in [0.05, 0.1) is 0 Å². The van der Waals surface area contributed by atoms with Crippen LogP contribution in [-0.4, -0.2) is 40.1 Å². The molecule has 0 saturated carbocycles. The first kappa shape index (κ1) is 16.5. The average Bonchev–Trinajstić information content (AvgIpc) is 2.63. The summed E-state index contributed by atoms with van der Waals surface area (Å²) in [5.74, 6) is 0. The van der Waals surface area contributed by atoms with Crippen molar-refractivity contribution in [3.63, 3.8) is 0 Å². The maximum atomic E-state index is 11.1. The molecular weight excluding hydrogens is 300 g/mol. The first-order valence-corrected chi connectivity index (χ1v) is 8.52. The van der Waals surface area contributed by atoms with Crippen LogP contribution in [0.3, 0.4) is 0 Å². The van der Waals surface area contributed by atoms with Crippen LogP contribution in [0.5, 0.6) is 0 Å². The predicted molar refractivity (Wildman–Crippen MR) is 94.8 cm³/mol. The highest BCUT2D eigenvalue weighted by Crippen LogP contribution is 2.21. The van der Waals surface area contributed by atoms with Gasteiger partial charge in [-0.05, 0) is 24.0 Å². The van der Waals surface area contributed by atoms with E-state index in [0.29, 0.717) is 19.1 Å². The molecule has 0 unspecified atom stereocenters. The van der Waals surface area contributed by atoms with E-state index in [2.05, 4.69) is 53.4 Å². The molecule has 4 nitrogen and oxygen atoms in total. The van der Waals surface area contributed by atoms with Gasteiger partial charge >= 0.3 is 6.09 Å². The number of hydrogen-bond donors (Lipinski definition) is 1. The molecule has 1 aliphatic heterocycles. The molecule has 126 valence electrons. The Kier molecular flexibility index (Phi) is 5.49. The highest BCUT2D eigenvalue weighted by molar-refractivity contribution is 5.65. The van der Waals surface area contributed by atoms with E-state index >= 15 is 0 Å². The molecule has 0 aliphatic carbocycles. The summed E-state index contributed by atoms with van der Waals surface area (Å²) in [6, 6.07) is 21.4. The molecule has 1 N–H and O–H groups in total. The van der Waals surface area contributed by atoms with Gasteiger partial charge in [-0.25, -0.2) is 4.79 Å². The van der Waals surface area contributed by atoms with Crippen LogP contribution in [0.15, 0.2) is 60.7 Å². The normalized spacial score (nSPS) is 15.6. The molecule has 0 radical (unpaired) electrons. The Hall–Kier alpha value is -2.33. The van der Waals surface area contributed by atoms with E-state index in [1.165, 1.54) is 16.0 Å². The summed E-state index contributed by atoms with van der Waals surface area (Å²) in [4.78, 5) is 15.1. The molecule has 3 rings (SSSR count). The lowest BCUT2D eigenvalue weighted by molar-refractivity contribution is 0.0872. The van der Waals surface area contributed by atoms with Gasteiger partial charge in [0.2, 0.25) is 0 Å². The van der Waals surface area contributed by atoms with Crippen LogP contribution in [0.1, 0.15) is 24.0 Å². The van der Waals surface area contributed by atoms with E-state index in [1.54, 1.807) is 0 Å². The number of carbonyl (C=O) groups is 1. The largest absolute Gasteiger partial charge is 0.465 e. The van der Waals surface area contributed by atoms with Crippen LogP contribution < -0.4 is 0 Å². The van der Waals surface area contributed by atoms with Crippen LogP contribution in [0.25, 0.3) is 0 Å². The maximum Gasteiger partial charge on any atom is 0.407 e. The Morgan fingerprint density at radius 3 is 1.79 bits per heavy atom. The summed E-state index contributed by atoms with van der Waals surface area (Å²) in [7, 11) is 0. The second-order valence-corrected chi connectivity index (χ2v) is 6.38. The van der Waals surface area contributed by atoms with E-state index < -0.39 is 6.09 Å². The summed E-state index contributed by atoms with van der Waals surface area (Å²) in [6.07, 6.45) is 0.990. The molecule has 1 saturated heterocycles. The lowest BCUT2D eigenvalue weighted by Gasteiger charge is -2.37. The number of benzene rings is 2. The molecule has 24 heavy (non-hydrogen) atoms. The zero-order valence-corrected chi connectivity index (χ0v) is 13.8. The van der Waals surface area contributed by atoms with Gasteiger partial charge < -0.3 is 10.0 Å². The minimum atomic E-state index is -0.800. The van der Waals surface area contributed by atoms with E-state index in [9.17, 15) is 4.79 Å². The molecule has 1 amide bonds. The van der Waals surface area contributed by atoms with Crippen molar-refractivity contribution in [2.75, 3.05) is 13.1 Å². The van der Waals surface area contributed by atoms with Gasteiger partial charge in [0, 0.05) is 32.2 Å². The van der Waals surface area contributed by atoms with Crippen molar-refractivity contribution in [1.82, 2.24) is 9.80 Å². The third kappa shape index (κ3) is 4.36. The average molecular weight is 324 g/mol. The Balaban J connectivity index is 1.71. The second kappa shape index (κ2) is 7.97. The molecule has 0 aromatic heterocycles. The van der Waals surface area contributed by atoms with Crippen LogP contribution >= 0.6 is 0 Å². The van der Waals surface area contributed by atoms with E-state index in [1.807, 2.05) is 12.1 Å². The van der Waals surface area contributed by atoms with Crippen molar-refractivity contribution in [2.45, 2.75) is 32.0 Å². The molecule has 1 aliphatic rings. The van der Waals surface area contributed by atoms with Crippen LogP contribution in [0.2, 0.25) is 0 Å². The Labute approximate surface area is 143 Å². The third-order valence-electron chi connectivity index (χ3n) is 4.71. The van der Waals surface area contributed by atoms with Crippen molar-refractivity contribution >= 4 is 6.09 Å². The summed E-state index contributed by atoms with van der Waals surface area (Å²) < 4.78 is 0. The van der Waals surface area contributed by atoms with Crippen molar-refractivity contribution < 1.29 is 9.90 Å². The lowest BCUT2D eigenvalue weighted by atomic mass is 10.0.